The number of ketones is 1. The van der Waals surface area contributed by atoms with Gasteiger partial charge < -0.3 is 4.74 Å². The Hall–Kier alpha value is -3.01. The van der Waals surface area contributed by atoms with E-state index in [0.717, 1.165) is 16.3 Å². The summed E-state index contributed by atoms with van der Waals surface area (Å²) >= 11 is 0. The monoisotopic (exact) mass is 378 g/mol. The Balaban J connectivity index is 1.95. The average Bonchev–Trinajstić information content (AvgIpc) is 2.72. The molecule has 0 saturated heterocycles. The molecule has 0 amide bonds. The number of aryl methyl sites for hydroxylation is 1. The highest BCUT2D eigenvalue weighted by Crippen LogP contribution is 2.29. The largest absolute Gasteiger partial charge is 0.464 e. The normalized spacial score (nSPS) is 13.1. The lowest BCUT2D eigenvalue weighted by atomic mass is 9.85. The molecule has 0 N–H and O–H groups in total. The minimum Gasteiger partial charge on any atom is -0.464 e. The number of carbonyl (C=O) groups is 2. The van der Waals surface area contributed by atoms with Gasteiger partial charge in [0.1, 0.15) is 0 Å². The van der Waals surface area contributed by atoms with Gasteiger partial charge in [-0.15, -0.1) is 0 Å². The summed E-state index contributed by atoms with van der Waals surface area (Å²) in [4.78, 5) is 25.1. The van der Waals surface area contributed by atoms with Crippen molar-refractivity contribution >= 4 is 22.5 Å². The third-order valence-electron chi connectivity index (χ3n) is 4.82. The number of Topliss-reactive ketones (excluding diaryl/α,β-unsaturated/α-hetero) is 1. The highest BCUT2D eigenvalue weighted by molar-refractivity contribution is 6.04. The van der Waals surface area contributed by atoms with Crippen molar-refractivity contribution in [1.82, 2.24) is 0 Å². The molecule has 0 aliphatic carbocycles. The van der Waals surface area contributed by atoms with Gasteiger partial charge >= 0.3 is 5.97 Å². The molecule has 0 heterocycles. The van der Waals surface area contributed by atoms with Crippen molar-refractivity contribution in [2.45, 2.75) is 32.4 Å². The van der Waals surface area contributed by atoms with Crippen LogP contribution in [0.4, 0.5) is 4.39 Å². The molecule has 0 aliphatic rings. The molecule has 28 heavy (non-hydrogen) atoms. The first-order valence-electron chi connectivity index (χ1n) is 9.40. The molecule has 4 heteroatoms. The van der Waals surface area contributed by atoms with Gasteiger partial charge in [-0.25, -0.2) is 9.18 Å². The van der Waals surface area contributed by atoms with E-state index in [0.29, 0.717) is 11.1 Å². The number of halogens is 1. The fourth-order valence-electron chi connectivity index (χ4n) is 3.27. The Labute approximate surface area is 164 Å². The van der Waals surface area contributed by atoms with E-state index in [2.05, 4.69) is 0 Å². The smallest absolute Gasteiger partial charge is 0.340 e. The van der Waals surface area contributed by atoms with Gasteiger partial charge in [0.25, 0.3) is 0 Å². The summed E-state index contributed by atoms with van der Waals surface area (Å²) in [5.41, 5.74) is 2.24. The predicted octanol–water partition coefficient (Wildman–Crippen LogP) is 5.41. The zero-order valence-electron chi connectivity index (χ0n) is 16.0. The van der Waals surface area contributed by atoms with Crippen molar-refractivity contribution in [2.75, 3.05) is 6.61 Å². The van der Waals surface area contributed by atoms with Gasteiger partial charge in [-0.1, -0.05) is 66.2 Å². The van der Waals surface area contributed by atoms with Gasteiger partial charge in [-0.3, -0.25) is 4.79 Å². The molecular weight excluding hydrogens is 355 g/mol. The number of rotatable bonds is 7. The standard InChI is InChI=1S/C24H23FO3/c1-3-28-24(27)22(25)15-21(18-10-8-16(2)9-11-18)23(26)20-13-12-17-6-4-5-7-19(17)14-20/h4-14,21-22H,3,15H2,1-2H3. The highest BCUT2D eigenvalue weighted by Gasteiger charge is 2.30. The Morgan fingerprint density at radius 3 is 2.32 bits per heavy atom. The molecule has 3 aromatic carbocycles. The first kappa shape index (κ1) is 19.7. The quantitative estimate of drug-likeness (QED) is 0.408. The molecule has 0 aromatic heterocycles. The van der Waals surface area contributed by atoms with Gasteiger partial charge in [-0.05, 0) is 36.2 Å². The summed E-state index contributed by atoms with van der Waals surface area (Å²) in [5, 5.41) is 1.97. The van der Waals surface area contributed by atoms with Gasteiger partial charge in [0, 0.05) is 12.0 Å². The van der Waals surface area contributed by atoms with Crippen molar-refractivity contribution in [3.05, 3.63) is 83.4 Å². The maximum absolute atomic E-state index is 14.5. The maximum Gasteiger partial charge on any atom is 0.340 e. The number of carbonyl (C=O) groups excluding carboxylic acids is 2. The number of esters is 1. The third-order valence-corrected chi connectivity index (χ3v) is 4.82. The molecule has 3 nitrogen and oxygen atoms in total. The van der Waals surface area contributed by atoms with Crippen molar-refractivity contribution in [1.29, 1.82) is 0 Å². The van der Waals surface area contributed by atoms with E-state index in [1.54, 1.807) is 13.0 Å². The average molecular weight is 378 g/mol. The van der Waals surface area contributed by atoms with Gasteiger partial charge in [0.05, 0.1) is 12.5 Å². The highest BCUT2D eigenvalue weighted by atomic mass is 19.1. The number of alkyl halides is 1. The molecule has 0 radical (unpaired) electrons. The SMILES string of the molecule is CCOC(=O)C(F)CC(C(=O)c1ccc2ccccc2c1)c1ccc(C)cc1. The summed E-state index contributed by atoms with van der Waals surface area (Å²) < 4.78 is 19.3. The lowest BCUT2D eigenvalue weighted by Gasteiger charge is -2.19. The molecule has 0 aliphatic heterocycles. The van der Waals surface area contributed by atoms with E-state index in [-0.39, 0.29) is 18.8 Å². The van der Waals surface area contributed by atoms with Crippen LogP contribution in [0, 0.1) is 6.92 Å². The zero-order chi connectivity index (χ0) is 20.1. The zero-order valence-corrected chi connectivity index (χ0v) is 16.0. The number of benzene rings is 3. The van der Waals surface area contributed by atoms with E-state index < -0.39 is 18.1 Å². The van der Waals surface area contributed by atoms with Crippen LogP contribution in [0.25, 0.3) is 10.8 Å². The Bertz CT molecular complexity index is 979. The Kier molecular flexibility index (Phi) is 6.19. The lowest BCUT2D eigenvalue weighted by Crippen LogP contribution is -2.25. The molecule has 0 fully saturated rings. The van der Waals surface area contributed by atoms with Crippen LogP contribution < -0.4 is 0 Å². The Morgan fingerprint density at radius 2 is 1.64 bits per heavy atom. The summed E-state index contributed by atoms with van der Waals surface area (Å²) in [6.07, 6.45) is -2.09. The van der Waals surface area contributed by atoms with Gasteiger partial charge in [-0.2, -0.15) is 0 Å². The molecule has 2 unspecified atom stereocenters. The van der Waals surface area contributed by atoms with Crippen LogP contribution >= 0.6 is 0 Å². The van der Waals surface area contributed by atoms with Crippen molar-refractivity contribution in [3.8, 4) is 0 Å². The summed E-state index contributed by atoms with van der Waals surface area (Å²) in [6.45, 7) is 3.68. The van der Waals surface area contributed by atoms with Crippen LogP contribution in [-0.2, 0) is 9.53 Å². The molecule has 0 bridgehead atoms. The Morgan fingerprint density at radius 1 is 0.964 bits per heavy atom. The number of hydrogen-bond acceptors (Lipinski definition) is 3. The van der Waals surface area contributed by atoms with Crippen LogP contribution in [0.5, 0.6) is 0 Å². The van der Waals surface area contributed by atoms with Gasteiger partial charge in [0.2, 0.25) is 0 Å². The van der Waals surface area contributed by atoms with E-state index >= 15 is 0 Å². The summed E-state index contributed by atoms with van der Waals surface area (Å²) in [5.74, 6) is -1.89. The van der Waals surface area contributed by atoms with Gasteiger partial charge in [0.15, 0.2) is 12.0 Å². The van der Waals surface area contributed by atoms with Crippen LogP contribution in [0.2, 0.25) is 0 Å². The number of ether oxygens (including phenoxy) is 1. The molecule has 0 spiro atoms. The molecular formula is C24H23FO3. The van der Waals surface area contributed by atoms with E-state index in [9.17, 15) is 14.0 Å². The van der Waals surface area contributed by atoms with Crippen LogP contribution in [0.15, 0.2) is 66.7 Å². The molecule has 3 aromatic rings. The van der Waals surface area contributed by atoms with Crippen LogP contribution in [0.3, 0.4) is 0 Å². The van der Waals surface area contributed by atoms with Crippen molar-refractivity contribution in [2.24, 2.45) is 0 Å². The van der Waals surface area contributed by atoms with Crippen molar-refractivity contribution < 1.29 is 18.7 Å². The topological polar surface area (TPSA) is 43.4 Å². The van der Waals surface area contributed by atoms with Crippen LogP contribution in [-0.4, -0.2) is 24.5 Å². The first-order chi connectivity index (χ1) is 13.5. The fourth-order valence-corrected chi connectivity index (χ4v) is 3.27. The summed E-state index contributed by atoms with van der Waals surface area (Å²) in [6, 6.07) is 20.6. The minimum atomic E-state index is -1.85. The molecule has 2 atom stereocenters. The van der Waals surface area contributed by atoms with E-state index in [1.807, 2.05) is 67.6 Å². The molecule has 144 valence electrons. The lowest BCUT2D eigenvalue weighted by molar-refractivity contribution is -0.149. The molecule has 3 rings (SSSR count). The minimum absolute atomic E-state index is 0.104. The number of fused-ring (bicyclic) bond motifs is 1. The summed E-state index contributed by atoms with van der Waals surface area (Å²) in [7, 11) is 0. The fraction of sp³-hybridized carbons (Fsp3) is 0.250. The predicted molar refractivity (Wildman–Crippen MR) is 108 cm³/mol. The third kappa shape index (κ3) is 4.45. The number of hydrogen-bond donors (Lipinski definition) is 0. The van der Waals surface area contributed by atoms with E-state index in [1.165, 1.54) is 0 Å². The van der Waals surface area contributed by atoms with Crippen molar-refractivity contribution in [3.63, 3.8) is 0 Å². The second-order valence-electron chi connectivity index (χ2n) is 6.84. The first-order valence-corrected chi connectivity index (χ1v) is 9.40. The van der Waals surface area contributed by atoms with E-state index in [4.69, 9.17) is 4.74 Å². The van der Waals surface area contributed by atoms with Crippen LogP contribution in [0.1, 0.15) is 40.7 Å². The maximum atomic E-state index is 14.5. The second kappa shape index (κ2) is 8.79. The second-order valence-corrected chi connectivity index (χ2v) is 6.84. The molecule has 0 saturated carbocycles.